The van der Waals surface area contributed by atoms with E-state index in [2.05, 4.69) is 16.8 Å². The van der Waals surface area contributed by atoms with E-state index >= 15 is 0 Å². The average Bonchev–Trinajstić information content (AvgIpc) is 2.84. The number of hydrogen-bond donors (Lipinski definition) is 1. The first-order valence-electron chi connectivity index (χ1n) is 7.15. The van der Waals surface area contributed by atoms with Crippen LogP contribution in [-0.2, 0) is 0 Å². The van der Waals surface area contributed by atoms with Crippen LogP contribution < -0.4 is 0 Å². The van der Waals surface area contributed by atoms with Crippen molar-refractivity contribution < 1.29 is 9.18 Å². The standard InChI is InChI=1S/C16H19FN2O/c1-11-4-6-19(7-5-11)10-16(20)14-9-18-15-3-2-12(17)8-13(14)15/h2-3,8-9,11,18H,4-7,10H2,1H3. The number of Topliss-reactive ketones (excluding diaryl/α,β-unsaturated/α-hetero) is 1. The van der Waals surface area contributed by atoms with Crippen molar-refractivity contribution in [2.24, 2.45) is 5.92 Å². The first-order valence-corrected chi connectivity index (χ1v) is 7.15. The summed E-state index contributed by atoms with van der Waals surface area (Å²) in [5.41, 5.74) is 1.40. The number of piperidine rings is 1. The molecule has 0 bridgehead atoms. The van der Waals surface area contributed by atoms with Gasteiger partial charge in [0.1, 0.15) is 5.82 Å². The number of aromatic amines is 1. The minimum atomic E-state index is -0.307. The summed E-state index contributed by atoms with van der Waals surface area (Å²) in [4.78, 5) is 17.6. The third-order valence-electron chi connectivity index (χ3n) is 4.19. The molecule has 1 saturated heterocycles. The molecule has 3 rings (SSSR count). The fourth-order valence-corrected chi connectivity index (χ4v) is 2.83. The van der Waals surface area contributed by atoms with Gasteiger partial charge < -0.3 is 4.98 Å². The molecule has 3 nitrogen and oxygen atoms in total. The van der Waals surface area contributed by atoms with Gasteiger partial charge >= 0.3 is 0 Å². The van der Waals surface area contributed by atoms with Crippen molar-refractivity contribution in [3.63, 3.8) is 0 Å². The lowest BCUT2D eigenvalue weighted by Crippen LogP contribution is -2.36. The van der Waals surface area contributed by atoms with Gasteiger partial charge in [-0.15, -0.1) is 0 Å². The van der Waals surface area contributed by atoms with Crippen molar-refractivity contribution in [1.82, 2.24) is 9.88 Å². The highest BCUT2D eigenvalue weighted by molar-refractivity contribution is 6.08. The largest absolute Gasteiger partial charge is 0.360 e. The molecule has 4 heteroatoms. The number of ketones is 1. The van der Waals surface area contributed by atoms with Crippen LogP contribution in [0.25, 0.3) is 10.9 Å². The maximum absolute atomic E-state index is 13.3. The van der Waals surface area contributed by atoms with E-state index in [1.807, 2.05) is 0 Å². The number of fused-ring (bicyclic) bond motifs is 1. The van der Waals surface area contributed by atoms with Crippen molar-refractivity contribution in [1.29, 1.82) is 0 Å². The molecule has 0 aliphatic carbocycles. The van der Waals surface area contributed by atoms with Crippen LogP contribution >= 0.6 is 0 Å². The second kappa shape index (κ2) is 5.37. The van der Waals surface area contributed by atoms with Gasteiger partial charge in [0.15, 0.2) is 5.78 Å². The summed E-state index contributed by atoms with van der Waals surface area (Å²) in [6.07, 6.45) is 3.99. The molecule has 0 atom stereocenters. The van der Waals surface area contributed by atoms with E-state index in [0.29, 0.717) is 17.5 Å². The lowest BCUT2D eigenvalue weighted by atomic mass is 9.98. The van der Waals surface area contributed by atoms with E-state index in [-0.39, 0.29) is 11.6 Å². The number of likely N-dealkylation sites (tertiary alicyclic amines) is 1. The quantitative estimate of drug-likeness (QED) is 0.872. The molecule has 0 spiro atoms. The molecule has 1 N–H and O–H groups in total. The van der Waals surface area contributed by atoms with Crippen molar-refractivity contribution in [3.8, 4) is 0 Å². The molecular formula is C16H19FN2O. The van der Waals surface area contributed by atoms with Crippen LogP contribution in [0.5, 0.6) is 0 Å². The van der Waals surface area contributed by atoms with Crippen LogP contribution in [0.3, 0.4) is 0 Å². The molecule has 0 saturated carbocycles. The van der Waals surface area contributed by atoms with Gasteiger partial charge in [-0.05, 0) is 50.0 Å². The first kappa shape index (κ1) is 13.3. The van der Waals surface area contributed by atoms with Crippen LogP contribution in [0.1, 0.15) is 30.1 Å². The van der Waals surface area contributed by atoms with Crippen molar-refractivity contribution in [3.05, 3.63) is 35.8 Å². The number of nitrogens with zero attached hydrogens (tertiary/aromatic N) is 1. The molecule has 20 heavy (non-hydrogen) atoms. The maximum atomic E-state index is 13.3. The van der Waals surface area contributed by atoms with Gasteiger partial charge in [-0.25, -0.2) is 4.39 Å². The number of H-pyrrole nitrogens is 1. The Morgan fingerprint density at radius 2 is 2.15 bits per heavy atom. The summed E-state index contributed by atoms with van der Waals surface area (Å²) in [6.45, 7) is 4.63. The third kappa shape index (κ3) is 2.61. The van der Waals surface area contributed by atoms with Gasteiger partial charge in [-0.1, -0.05) is 6.92 Å². The predicted molar refractivity (Wildman–Crippen MR) is 77.4 cm³/mol. The highest BCUT2D eigenvalue weighted by Gasteiger charge is 2.20. The van der Waals surface area contributed by atoms with Gasteiger partial charge in [0.05, 0.1) is 6.54 Å². The van der Waals surface area contributed by atoms with Gasteiger partial charge in [0.25, 0.3) is 0 Å². The summed E-state index contributed by atoms with van der Waals surface area (Å²) < 4.78 is 13.3. The number of hydrogen-bond acceptors (Lipinski definition) is 2. The Labute approximate surface area is 117 Å². The Kier molecular flexibility index (Phi) is 3.57. The van der Waals surface area contributed by atoms with E-state index in [0.717, 1.165) is 37.4 Å². The zero-order valence-electron chi connectivity index (χ0n) is 11.7. The minimum absolute atomic E-state index is 0.0661. The number of carbonyl (C=O) groups excluding carboxylic acids is 1. The van der Waals surface area contributed by atoms with E-state index in [1.54, 1.807) is 12.3 Å². The summed E-state index contributed by atoms with van der Waals surface area (Å²) in [7, 11) is 0. The molecular weight excluding hydrogens is 255 g/mol. The SMILES string of the molecule is CC1CCN(CC(=O)c2c[nH]c3ccc(F)cc23)CC1. The summed E-state index contributed by atoms with van der Waals surface area (Å²) in [6, 6.07) is 4.50. The Hall–Kier alpha value is -1.68. The minimum Gasteiger partial charge on any atom is -0.360 e. The van der Waals surface area contributed by atoms with Gasteiger partial charge in [-0.3, -0.25) is 9.69 Å². The molecule has 2 aromatic rings. The maximum Gasteiger partial charge on any atom is 0.178 e. The van der Waals surface area contributed by atoms with Crippen molar-refractivity contribution in [2.75, 3.05) is 19.6 Å². The molecule has 0 amide bonds. The molecule has 1 aliphatic rings. The van der Waals surface area contributed by atoms with E-state index < -0.39 is 0 Å². The Morgan fingerprint density at radius 1 is 1.40 bits per heavy atom. The van der Waals surface area contributed by atoms with Crippen LogP contribution in [0.2, 0.25) is 0 Å². The smallest absolute Gasteiger partial charge is 0.178 e. The number of rotatable bonds is 3. The van der Waals surface area contributed by atoms with Crippen LogP contribution in [0, 0.1) is 11.7 Å². The molecule has 106 valence electrons. The zero-order chi connectivity index (χ0) is 14.1. The van der Waals surface area contributed by atoms with Crippen LogP contribution in [0.4, 0.5) is 4.39 Å². The lowest BCUT2D eigenvalue weighted by molar-refractivity contribution is 0.0901. The third-order valence-corrected chi connectivity index (χ3v) is 4.19. The number of benzene rings is 1. The number of nitrogens with one attached hydrogen (secondary N) is 1. The molecule has 0 unspecified atom stereocenters. The fraction of sp³-hybridized carbons (Fsp3) is 0.438. The van der Waals surface area contributed by atoms with Gasteiger partial charge in [0, 0.05) is 22.7 Å². The molecule has 2 heterocycles. The van der Waals surface area contributed by atoms with Crippen LogP contribution in [0.15, 0.2) is 24.4 Å². The molecule has 1 aromatic carbocycles. The summed E-state index contributed by atoms with van der Waals surface area (Å²) in [5.74, 6) is 0.512. The highest BCUT2D eigenvalue weighted by atomic mass is 19.1. The van der Waals surface area contributed by atoms with Crippen LogP contribution in [-0.4, -0.2) is 35.3 Å². The average molecular weight is 274 g/mol. The lowest BCUT2D eigenvalue weighted by Gasteiger charge is -2.29. The Bertz CT molecular complexity index is 626. The fourth-order valence-electron chi connectivity index (χ4n) is 2.83. The summed E-state index contributed by atoms with van der Waals surface area (Å²) in [5, 5.41) is 0.681. The van der Waals surface area contributed by atoms with Crippen molar-refractivity contribution >= 4 is 16.7 Å². The predicted octanol–water partition coefficient (Wildman–Crippen LogP) is 3.22. The van der Waals surface area contributed by atoms with E-state index in [9.17, 15) is 9.18 Å². The molecule has 1 aliphatic heterocycles. The molecule has 1 fully saturated rings. The second-order valence-electron chi connectivity index (χ2n) is 5.77. The molecule has 0 radical (unpaired) electrons. The number of aromatic nitrogens is 1. The topological polar surface area (TPSA) is 36.1 Å². The first-order chi connectivity index (χ1) is 9.63. The number of halogens is 1. The van der Waals surface area contributed by atoms with E-state index in [1.165, 1.54) is 12.1 Å². The highest BCUT2D eigenvalue weighted by Crippen LogP contribution is 2.21. The monoisotopic (exact) mass is 274 g/mol. The van der Waals surface area contributed by atoms with Gasteiger partial charge in [0.2, 0.25) is 0 Å². The molecule has 1 aromatic heterocycles. The Morgan fingerprint density at radius 3 is 2.90 bits per heavy atom. The summed E-state index contributed by atoms with van der Waals surface area (Å²) >= 11 is 0. The zero-order valence-corrected chi connectivity index (χ0v) is 11.7. The van der Waals surface area contributed by atoms with Crippen molar-refractivity contribution in [2.45, 2.75) is 19.8 Å². The van der Waals surface area contributed by atoms with Gasteiger partial charge in [-0.2, -0.15) is 0 Å². The van der Waals surface area contributed by atoms with E-state index in [4.69, 9.17) is 0 Å². The number of carbonyl (C=O) groups is 1. The normalized spacial score (nSPS) is 17.7. The second-order valence-corrected chi connectivity index (χ2v) is 5.77. The Balaban J connectivity index is 1.77.